The van der Waals surface area contributed by atoms with E-state index in [4.69, 9.17) is 9.15 Å². The Bertz CT molecular complexity index is 1120. The van der Waals surface area contributed by atoms with E-state index >= 15 is 0 Å². The molecule has 7 nitrogen and oxygen atoms in total. The number of thioether (sulfide) groups is 1. The van der Waals surface area contributed by atoms with Gasteiger partial charge in [-0.3, -0.25) is 9.36 Å². The van der Waals surface area contributed by atoms with Gasteiger partial charge in [0.25, 0.3) is 0 Å². The Hall–Kier alpha value is -3.26. The standard InChI is InChI=1S/C21H20N4O3S/c1-3-25-20(18-11-14-7-4-5-10-17(14)28-18)23-24-21(25)29-13-19(26)22-15-8-6-9-16(12-15)27-2/h4-12H,3,13H2,1-2H3,(H,22,26). The zero-order valence-electron chi connectivity index (χ0n) is 16.1. The van der Waals surface area contributed by atoms with Crippen LogP contribution in [-0.2, 0) is 11.3 Å². The molecule has 148 valence electrons. The molecule has 0 saturated carbocycles. The number of aromatic nitrogens is 3. The number of nitrogens with one attached hydrogen (secondary N) is 1. The Labute approximate surface area is 172 Å². The first-order valence-electron chi connectivity index (χ1n) is 9.16. The van der Waals surface area contributed by atoms with E-state index in [2.05, 4.69) is 15.5 Å². The number of fused-ring (bicyclic) bond motifs is 1. The molecule has 0 radical (unpaired) electrons. The van der Waals surface area contributed by atoms with E-state index in [-0.39, 0.29) is 11.7 Å². The number of anilines is 1. The maximum absolute atomic E-state index is 12.3. The van der Waals surface area contributed by atoms with Crippen molar-refractivity contribution in [3.8, 4) is 17.3 Å². The van der Waals surface area contributed by atoms with Crippen molar-refractivity contribution < 1.29 is 13.9 Å². The van der Waals surface area contributed by atoms with Crippen LogP contribution in [0.4, 0.5) is 5.69 Å². The lowest BCUT2D eigenvalue weighted by atomic mass is 10.2. The minimum Gasteiger partial charge on any atom is -0.497 e. The number of benzene rings is 2. The van der Waals surface area contributed by atoms with Gasteiger partial charge in [-0.25, -0.2) is 0 Å². The lowest BCUT2D eigenvalue weighted by Gasteiger charge is -2.08. The fourth-order valence-corrected chi connectivity index (χ4v) is 3.79. The molecule has 4 rings (SSSR count). The van der Waals surface area contributed by atoms with E-state index in [0.717, 1.165) is 11.0 Å². The Morgan fingerprint density at radius 2 is 2.03 bits per heavy atom. The first-order chi connectivity index (χ1) is 14.2. The Morgan fingerprint density at radius 1 is 1.17 bits per heavy atom. The number of carbonyl (C=O) groups is 1. The lowest BCUT2D eigenvalue weighted by molar-refractivity contribution is -0.113. The van der Waals surface area contributed by atoms with Gasteiger partial charge in [-0.15, -0.1) is 10.2 Å². The number of furan rings is 1. The highest BCUT2D eigenvalue weighted by Gasteiger charge is 2.17. The zero-order valence-corrected chi connectivity index (χ0v) is 16.9. The third-order valence-electron chi connectivity index (χ3n) is 4.36. The first-order valence-corrected chi connectivity index (χ1v) is 10.2. The molecular formula is C21H20N4O3S. The number of methoxy groups -OCH3 is 1. The lowest BCUT2D eigenvalue weighted by Crippen LogP contribution is -2.14. The maximum atomic E-state index is 12.3. The largest absolute Gasteiger partial charge is 0.497 e. The van der Waals surface area contributed by atoms with Crippen molar-refractivity contribution in [2.75, 3.05) is 18.2 Å². The highest BCUT2D eigenvalue weighted by Crippen LogP contribution is 2.29. The minimum absolute atomic E-state index is 0.126. The number of hydrogen-bond acceptors (Lipinski definition) is 6. The fourth-order valence-electron chi connectivity index (χ4n) is 2.98. The minimum atomic E-state index is -0.126. The van der Waals surface area contributed by atoms with Crippen LogP contribution in [0.3, 0.4) is 0 Å². The third kappa shape index (κ3) is 4.12. The second kappa shape index (κ2) is 8.40. The predicted molar refractivity (Wildman–Crippen MR) is 113 cm³/mol. The monoisotopic (exact) mass is 408 g/mol. The van der Waals surface area contributed by atoms with Gasteiger partial charge in [-0.2, -0.15) is 0 Å². The van der Waals surface area contributed by atoms with Crippen LogP contribution in [0, 0.1) is 0 Å². The predicted octanol–water partition coefficient (Wildman–Crippen LogP) is 4.45. The van der Waals surface area contributed by atoms with Gasteiger partial charge in [0.05, 0.1) is 12.9 Å². The molecular weight excluding hydrogens is 388 g/mol. The number of ether oxygens (including phenoxy) is 1. The van der Waals surface area contributed by atoms with Gasteiger partial charge in [-0.05, 0) is 31.2 Å². The topological polar surface area (TPSA) is 82.2 Å². The van der Waals surface area contributed by atoms with Crippen LogP contribution in [0.2, 0.25) is 0 Å². The van der Waals surface area contributed by atoms with Crippen molar-refractivity contribution in [1.29, 1.82) is 0 Å². The van der Waals surface area contributed by atoms with Crippen molar-refractivity contribution in [3.63, 3.8) is 0 Å². The summed E-state index contributed by atoms with van der Waals surface area (Å²) in [5.74, 6) is 2.10. The summed E-state index contributed by atoms with van der Waals surface area (Å²) in [4.78, 5) is 12.3. The van der Waals surface area contributed by atoms with E-state index in [1.165, 1.54) is 11.8 Å². The molecule has 2 aromatic carbocycles. The molecule has 4 aromatic rings. The van der Waals surface area contributed by atoms with Gasteiger partial charge in [0.2, 0.25) is 11.7 Å². The van der Waals surface area contributed by atoms with Crippen molar-refractivity contribution in [1.82, 2.24) is 14.8 Å². The molecule has 0 spiro atoms. The Kier molecular flexibility index (Phi) is 5.53. The van der Waals surface area contributed by atoms with E-state index in [1.54, 1.807) is 13.2 Å². The van der Waals surface area contributed by atoms with E-state index in [0.29, 0.717) is 34.7 Å². The van der Waals surface area contributed by atoms with Gasteiger partial charge in [0.1, 0.15) is 11.3 Å². The Balaban J connectivity index is 1.47. The van der Waals surface area contributed by atoms with Crippen LogP contribution >= 0.6 is 11.8 Å². The summed E-state index contributed by atoms with van der Waals surface area (Å²) in [6.45, 7) is 2.68. The second-order valence-electron chi connectivity index (χ2n) is 6.27. The maximum Gasteiger partial charge on any atom is 0.234 e. The number of nitrogens with zero attached hydrogens (tertiary/aromatic N) is 3. The van der Waals surface area contributed by atoms with Crippen molar-refractivity contribution in [2.45, 2.75) is 18.6 Å². The molecule has 2 heterocycles. The Morgan fingerprint density at radius 3 is 2.83 bits per heavy atom. The van der Waals surface area contributed by atoms with Gasteiger partial charge < -0.3 is 14.5 Å². The highest BCUT2D eigenvalue weighted by molar-refractivity contribution is 7.99. The van der Waals surface area contributed by atoms with Crippen LogP contribution in [-0.4, -0.2) is 33.5 Å². The fraction of sp³-hybridized carbons (Fsp3) is 0.190. The van der Waals surface area contributed by atoms with Gasteiger partial charge in [-0.1, -0.05) is 36.0 Å². The summed E-state index contributed by atoms with van der Waals surface area (Å²) in [6, 6.07) is 17.0. The van der Waals surface area contributed by atoms with Crippen LogP contribution < -0.4 is 10.1 Å². The normalized spacial score (nSPS) is 11.0. The summed E-state index contributed by atoms with van der Waals surface area (Å²) in [7, 11) is 1.59. The molecule has 8 heteroatoms. The van der Waals surface area contributed by atoms with Crippen molar-refractivity contribution in [2.24, 2.45) is 0 Å². The van der Waals surface area contributed by atoms with E-state index < -0.39 is 0 Å². The molecule has 1 N–H and O–H groups in total. The molecule has 0 atom stereocenters. The number of amides is 1. The number of rotatable bonds is 7. The van der Waals surface area contributed by atoms with Gasteiger partial charge in [0.15, 0.2) is 10.9 Å². The van der Waals surface area contributed by atoms with Gasteiger partial charge >= 0.3 is 0 Å². The summed E-state index contributed by atoms with van der Waals surface area (Å²) in [6.07, 6.45) is 0. The van der Waals surface area contributed by atoms with Gasteiger partial charge in [0, 0.05) is 23.7 Å². The molecule has 0 saturated heterocycles. The van der Waals surface area contributed by atoms with E-state index in [9.17, 15) is 4.79 Å². The quantitative estimate of drug-likeness (QED) is 0.455. The molecule has 0 unspecified atom stereocenters. The van der Waals surface area contributed by atoms with E-state index in [1.807, 2.05) is 60.0 Å². The molecule has 0 aliphatic heterocycles. The summed E-state index contributed by atoms with van der Waals surface area (Å²) < 4.78 is 13.0. The summed E-state index contributed by atoms with van der Waals surface area (Å²) in [5.41, 5.74) is 1.50. The zero-order chi connectivity index (χ0) is 20.2. The average molecular weight is 408 g/mol. The molecule has 1 amide bonds. The van der Waals surface area contributed by atoms with Crippen molar-refractivity contribution >= 4 is 34.3 Å². The molecule has 0 aliphatic carbocycles. The number of para-hydroxylation sites is 1. The van der Waals surface area contributed by atoms with Crippen LogP contribution in [0.1, 0.15) is 6.92 Å². The second-order valence-corrected chi connectivity index (χ2v) is 7.21. The molecule has 2 aromatic heterocycles. The summed E-state index contributed by atoms with van der Waals surface area (Å²) in [5, 5.41) is 13.1. The van der Waals surface area contributed by atoms with Crippen LogP contribution in [0.5, 0.6) is 5.75 Å². The smallest absolute Gasteiger partial charge is 0.234 e. The molecule has 29 heavy (non-hydrogen) atoms. The number of hydrogen-bond donors (Lipinski definition) is 1. The average Bonchev–Trinajstić information content (AvgIpc) is 3.35. The SMILES string of the molecule is CCn1c(SCC(=O)Nc2cccc(OC)c2)nnc1-c1cc2ccccc2o1. The third-order valence-corrected chi connectivity index (χ3v) is 5.33. The highest BCUT2D eigenvalue weighted by atomic mass is 32.2. The molecule has 0 fully saturated rings. The molecule has 0 aliphatic rings. The van der Waals surface area contributed by atoms with Crippen LogP contribution in [0.25, 0.3) is 22.6 Å². The number of carbonyl (C=O) groups excluding carboxylic acids is 1. The van der Waals surface area contributed by atoms with Crippen LogP contribution in [0.15, 0.2) is 64.2 Å². The molecule has 0 bridgehead atoms. The van der Waals surface area contributed by atoms with Crippen molar-refractivity contribution in [3.05, 3.63) is 54.6 Å². The first kappa shape index (κ1) is 19.1. The summed E-state index contributed by atoms with van der Waals surface area (Å²) >= 11 is 1.34.